The lowest BCUT2D eigenvalue weighted by Crippen LogP contribution is -2.47. The molecule has 0 radical (unpaired) electrons. The third-order valence-electron chi connectivity index (χ3n) is 5.32. The van der Waals surface area contributed by atoms with Gasteiger partial charge in [-0.1, -0.05) is 42.5 Å². The van der Waals surface area contributed by atoms with Gasteiger partial charge in [0.05, 0.1) is 35.0 Å². The number of carbonyl (C=O) groups is 5. The number of hydrogen-bond donors (Lipinski definition) is 2. The number of urea groups is 1. The van der Waals surface area contributed by atoms with Crippen molar-refractivity contribution in [2.45, 2.75) is 13.0 Å². The van der Waals surface area contributed by atoms with Gasteiger partial charge in [0.15, 0.2) is 0 Å². The van der Waals surface area contributed by atoms with Crippen LogP contribution in [0.3, 0.4) is 0 Å². The van der Waals surface area contributed by atoms with Gasteiger partial charge in [0.25, 0.3) is 11.8 Å². The molecule has 2 aromatic carbocycles. The van der Waals surface area contributed by atoms with Gasteiger partial charge in [0, 0.05) is 0 Å². The van der Waals surface area contributed by atoms with Crippen LogP contribution in [0.15, 0.2) is 65.9 Å². The normalized spacial score (nSPS) is 17.1. The summed E-state index contributed by atoms with van der Waals surface area (Å²) in [5, 5.41) is 5.16. The minimum atomic E-state index is -0.880. The molecule has 174 valence electrons. The van der Waals surface area contributed by atoms with Gasteiger partial charge >= 0.3 is 18.0 Å². The van der Waals surface area contributed by atoms with Crippen LogP contribution in [0.2, 0.25) is 0 Å². The largest absolute Gasteiger partial charge is 0.463 e. The van der Waals surface area contributed by atoms with E-state index < -0.39 is 49.0 Å². The maximum absolute atomic E-state index is 12.7. The van der Waals surface area contributed by atoms with E-state index in [4.69, 9.17) is 9.47 Å². The Kier molecular flexibility index (Phi) is 6.39. The van der Waals surface area contributed by atoms with Crippen LogP contribution in [0.1, 0.15) is 39.2 Å². The fourth-order valence-corrected chi connectivity index (χ4v) is 3.79. The number of nitrogens with one attached hydrogen (secondary N) is 2. The Balaban J connectivity index is 1.53. The maximum Gasteiger partial charge on any atom is 0.338 e. The van der Waals surface area contributed by atoms with Crippen molar-refractivity contribution in [2.24, 2.45) is 0 Å². The van der Waals surface area contributed by atoms with E-state index >= 15 is 0 Å². The van der Waals surface area contributed by atoms with E-state index in [1.807, 2.05) is 0 Å². The minimum absolute atomic E-state index is 0.0479. The highest BCUT2D eigenvalue weighted by Gasteiger charge is 2.37. The molecule has 0 saturated heterocycles. The van der Waals surface area contributed by atoms with Gasteiger partial charge in [-0.2, -0.15) is 0 Å². The zero-order valence-electron chi connectivity index (χ0n) is 18.2. The molecule has 0 bridgehead atoms. The quantitative estimate of drug-likeness (QED) is 0.472. The Hall–Kier alpha value is -4.47. The minimum Gasteiger partial charge on any atom is -0.463 e. The average molecular weight is 463 g/mol. The van der Waals surface area contributed by atoms with Crippen LogP contribution < -0.4 is 10.6 Å². The lowest BCUT2D eigenvalue weighted by atomic mass is 9.95. The number of benzene rings is 2. The molecule has 2 aliphatic rings. The summed E-state index contributed by atoms with van der Waals surface area (Å²) < 4.78 is 10.4. The third kappa shape index (κ3) is 4.38. The predicted octanol–water partition coefficient (Wildman–Crippen LogP) is 1.70. The summed E-state index contributed by atoms with van der Waals surface area (Å²) in [6.07, 6.45) is 0. The summed E-state index contributed by atoms with van der Waals surface area (Å²) in [5.41, 5.74) is 1.19. The van der Waals surface area contributed by atoms with Gasteiger partial charge in [0.1, 0.15) is 13.2 Å². The molecule has 2 heterocycles. The molecule has 2 aromatic rings. The van der Waals surface area contributed by atoms with Gasteiger partial charge in [0.2, 0.25) is 0 Å². The molecular formula is C24H21N3O7. The van der Waals surface area contributed by atoms with Crippen LogP contribution in [0, 0.1) is 0 Å². The van der Waals surface area contributed by atoms with Gasteiger partial charge in [-0.15, -0.1) is 0 Å². The van der Waals surface area contributed by atoms with Gasteiger partial charge in [-0.05, 0) is 24.6 Å². The molecule has 0 aromatic heterocycles. The molecule has 4 rings (SSSR count). The highest BCUT2D eigenvalue weighted by Crippen LogP contribution is 2.28. The zero-order valence-corrected chi connectivity index (χ0v) is 18.2. The van der Waals surface area contributed by atoms with Crippen LogP contribution in [-0.2, 0) is 19.1 Å². The highest BCUT2D eigenvalue weighted by molar-refractivity contribution is 6.22. The van der Waals surface area contributed by atoms with Crippen molar-refractivity contribution in [3.63, 3.8) is 0 Å². The SMILES string of the molecule is CCOC(=O)C1=C(COC(=O)CN2C(=O)c3ccccc3C2=O)NC(=O)NC1c1ccccc1. The van der Waals surface area contributed by atoms with Crippen LogP contribution >= 0.6 is 0 Å². The monoisotopic (exact) mass is 463 g/mol. The Morgan fingerprint density at radius 1 is 0.912 bits per heavy atom. The molecule has 1 atom stereocenters. The molecule has 0 saturated carbocycles. The second kappa shape index (κ2) is 9.57. The zero-order chi connectivity index (χ0) is 24.2. The number of amides is 4. The van der Waals surface area contributed by atoms with Gasteiger partial charge in [-0.25, -0.2) is 9.59 Å². The lowest BCUT2D eigenvalue weighted by molar-refractivity contribution is -0.144. The van der Waals surface area contributed by atoms with Gasteiger partial charge in [-0.3, -0.25) is 19.3 Å². The smallest absolute Gasteiger partial charge is 0.338 e. The van der Waals surface area contributed by atoms with Crippen molar-refractivity contribution >= 4 is 29.8 Å². The fraction of sp³-hybridized carbons (Fsp3) is 0.208. The average Bonchev–Trinajstić information content (AvgIpc) is 3.08. The topological polar surface area (TPSA) is 131 Å². The van der Waals surface area contributed by atoms with E-state index in [0.29, 0.717) is 5.56 Å². The Morgan fingerprint density at radius 3 is 2.15 bits per heavy atom. The summed E-state index contributed by atoms with van der Waals surface area (Å²) >= 11 is 0. The Bertz CT molecular complexity index is 1170. The molecule has 4 amide bonds. The molecule has 0 spiro atoms. The Labute approximate surface area is 194 Å². The summed E-state index contributed by atoms with van der Waals surface area (Å²) in [6, 6.07) is 13.6. The van der Waals surface area contributed by atoms with Crippen molar-refractivity contribution in [2.75, 3.05) is 19.8 Å². The van der Waals surface area contributed by atoms with Crippen molar-refractivity contribution in [1.82, 2.24) is 15.5 Å². The van der Waals surface area contributed by atoms with Crippen LogP contribution in [0.4, 0.5) is 4.79 Å². The molecule has 1 unspecified atom stereocenters. The highest BCUT2D eigenvalue weighted by atomic mass is 16.5. The maximum atomic E-state index is 12.7. The molecule has 0 aliphatic carbocycles. The molecule has 0 fully saturated rings. The first kappa shape index (κ1) is 22.7. The number of nitrogens with zero attached hydrogens (tertiary/aromatic N) is 1. The second-order valence-corrected chi connectivity index (χ2v) is 7.46. The molecule has 2 aliphatic heterocycles. The molecule has 2 N–H and O–H groups in total. The molecule has 10 heteroatoms. The second-order valence-electron chi connectivity index (χ2n) is 7.46. The van der Waals surface area contributed by atoms with E-state index in [1.165, 1.54) is 12.1 Å². The molecule has 34 heavy (non-hydrogen) atoms. The first-order valence-electron chi connectivity index (χ1n) is 10.5. The summed E-state index contributed by atoms with van der Waals surface area (Å²) in [5.74, 6) is -2.75. The van der Waals surface area contributed by atoms with Crippen molar-refractivity contribution in [3.8, 4) is 0 Å². The van der Waals surface area contributed by atoms with Gasteiger partial charge < -0.3 is 20.1 Å². The van der Waals surface area contributed by atoms with Crippen molar-refractivity contribution in [3.05, 3.63) is 82.6 Å². The van der Waals surface area contributed by atoms with E-state index in [9.17, 15) is 24.0 Å². The van der Waals surface area contributed by atoms with Crippen LogP contribution in [0.25, 0.3) is 0 Å². The lowest BCUT2D eigenvalue weighted by Gasteiger charge is -2.29. The van der Waals surface area contributed by atoms with Crippen molar-refractivity contribution < 1.29 is 33.4 Å². The summed E-state index contributed by atoms with van der Waals surface area (Å²) in [7, 11) is 0. The first-order chi connectivity index (χ1) is 16.4. The number of rotatable bonds is 7. The standard InChI is InChI=1S/C24H21N3O7/c1-2-33-23(31)19-17(25-24(32)26-20(19)14-8-4-3-5-9-14)13-34-18(28)12-27-21(29)15-10-6-7-11-16(15)22(27)30/h3-11,20H,2,12-13H2,1H3,(H2,25,26,32). The van der Waals surface area contributed by atoms with Crippen LogP contribution in [-0.4, -0.2) is 54.4 Å². The summed E-state index contributed by atoms with van der Waals surface area (Å²) in [4.78, 5) is 63.2. The van der Waals surface area contributed by atoms with E-state index in [-0.39, 0.29) is 29.0 Å². The molecule has 10 nitrogen and oxygen atoms in total. The van der Waals surface area contributed by atoms with E-state index in [2.05, 4.69) is 10.6 Å². The number of carbonyl (C=O) groups excluding carboxylic acids is 5. The third-order valence-corrected chi connectivity index (χ3v) is 5.32. The van der Waals surface area contributed by atoms with E-state index in [1.54, 1.807) is 49.4 Å². The molecular weight excluding hydrogens is 442 g/mol. The van der Waals surface area contributed by atoms with Crippen LogP contribution in [0.5, 0.6) is 0 Å². The number of ether oxygens (including phenoxy) is 2. The van der Waals surface area contributed by atoms with E-state index in [0.717, 1.165) is 4.90 Å². The Morgan fingerprint density at radius 2 is 1.53 bits per heavy atom. The van der Waals surface area contributed by atoms with Crippen molar-refractivity contribution in [1.29, 1.82) is 0 Å². The predicted molar refractivity (Wildman–Crippen MR) is 117 cm³/mol. The summed E-state index contributed by atoms with van der Waals surface area (Å²) in [6.45, 7) is 0.673. The number of hydrogen-bond acceptors (Lipinski definition) is 7. The number of fused-ring (bicyclic) bond motifs is 1. The number of imide groups is 1. The fourth-order valence-electron chi connectivity index (χ4n) is 3.79. The number of esters is 2. The first-order valence-corrected chi connectivity index (χ1v) is 10.5.